The van der Waals surface area contributed by atoms with Gasteiger partial charge < -0.3 is 14.9 Å². The highest BCUT2D eigenvalue weighted by Crippen LogP contribution is 2.36. The maximum absolute atomic E-state index is 12.0. The number of carbonyl (C=O) groups is 1. The highest BCUT2D eigenvalue weighted by atomic mass is 16.5. The fourth-order valence-electron chi connectivity index (χ4n) is 3.32. The normalized spacial score (nSPS) is 36.9. The minimum atomic E-state index is -0.759. The van der Waals surface area contributed by atoms with Gasteiger partial charge in [0, 0.05) is 24.9 Å². The van der Waals surface area contributed by atoms with Crippen molar-refractivity contribution in [1.29, 1.82) is 0 Å². The summed E-state index contributed by atoms with van der Waals surface area (Å²) >= 11 is 0. The molecule has 2 bridgehead atoms. The van der Waals surface area contributed by atoms with Crippen LogP contribution >= 0.6 is 0 Å². The van der Waals surface area contributed by atoms with Crippen LogP contribution in [0.4, 0.5) is 0 Å². The van der Waals surface area contributed by atoms with E-state index in [0.29, 0.717) is 18.4 Å². The molecule has 3 rings (SSSR count). The van der Waals surface area contributed by atoms with Crippen molar-refractivity contribution in [3.8, 4) is 0 Å². The molecule has 4 unspecified atom stereocenters. The molecular formula is C15H19NO4. The van der Waals surface area contributed by atoms with Gasteiger partial charge in [0.2, 0.25) is 0 Å². The van der Waals surface area contributed by atoms with Crippen LogP contribution in [0.5, 0.6) is 0 Å². The first-order valence-electron chi connectivity index (χ1n) is 6.92. The molecule has 20 heavy (non-hydrogen) atoms. The zero-order chi connectivity index (χ0) is 14.3. The van der Waals surface area contributed by atoms with Gasteiger partial charge >= 0.3 is 5.97 Å². The minimum absolute atomic E-state index is 0.141. The minimum Gasteiger partial charge on any atom is -0.459 e. The van der Waals surface area contributed by atoms with Crippen molar-refractivity contribution in [3.05, 3.63) is 35.9 Å². The van der Waals surface area contributed by atoms with E-state index in [9.17, 15) is 15.0 Å². The average molecular weight is 277 g/mol. The lowest BCUT2D eigenvalue weighted by molar-refractivity contribution is -0.00961. The fourth-order valence-corrected chi connectivity index (χ4v) is 3.32. The lowest BCUT2D eigenvalue weighted by Gasteiger charge is -2.35. The molecule has 0 aliphatic carbocycles. The Labute approximate surface area is 117 Å². The first-order valence-corrected chi connectivity index (χ1v) is 6.92. The molecular weight excluding hydrogens is 258 g/mol. The molecule has 0 radical (unpaired) electrons. The summed E-state index contributed by atoms with van der Waals surface area (Å²) in [5, 5.41) is 20.0. The quantitative estimate of drug-likeness (QED) is 0.766. The van der Waals surface area contributed by atoms with Crippen LogP contribution in [-0.4, -0.2) is 58.5 Å². The number of aliphatic hydroxyl groups excluding tert-OH is 2. The third-order valence-electron chi connectivity index (χ3n) is 4.48. The standard InChI is InChI=1S/C15H19NO4/c1-16-11-7-10(8-12(16)14(18)13(11)17)20-15(19)9-5-3-2-4-6-9/h2-6,10-14,17-18H,7-8H2,1H3. The molecule has 2 saturated heterocycles. The van der Waals surface area contributed by atoms with E-state index < -0.39 is 12.2 Å². The van der Waals surface area contributed by atoms with E-state index in [4.69, 9.17) is 4.74 Å². The Kier molecular flexibility index (Phi) is 3.50. The first-order chi connectivity index (χ1) is 9.58. The Morgan fingerprint density at radius 3 is 2.25 bits per heavy atom. The second-order valence-electron chi connectivity index (χ2n) is 5.65. The summed E-state index contributed by atoms with van der Waals surface area (Å²) in [6.07, 6.45) is -0.648. The third-order valence-corrected chi connectivity index (χ3v) is 4.48. The molecule has 0 spiro atoms. The number of likely N-dealkylation sites (N-methyl/N-ethyl adjacent to an activating group) is 1. The zero-order valence-corrected chi connectivity index (χ0v) is 11.3. The molecule has 0 aromatic heterocycles. The SMILES string of the molecule is CN1C2CC(OC(=O)c3ccccc3)CC1C(O)C2O. The average Bonchev–Trinajstić information content (AvgIpc) is 2.60. The summed E-state index contributed by atoms with van der Waals surface area (Å²) in [7, 11) is 1.89. The van der Waals surface area contributed by atoms with E-state index >= 15 is 0 Å². The zero-order valence-electron chi connectivity index (χ0n) is 11.3. The van der Waals surface area contributed by atoms with Gasteiger partial charge in [-0.15, -0.1) is 0 Å². The van der Waals surface area contributed by atoms with Crippen molar-refractivity contribution in [1.82, 2.24) is 4.90 Å². The van der Waals surface area contributed by atoms with Gasteiger partial charge in [0.05, 0.1) is 17.8 Å². The van der Waals surface area contributed by atoms with E-state index in [1.807, 2.05) is 18.0 Å². The van der Waals surface area contributed by atoms with Crippen molar-refractivity contribution >= 4 is 5.97 Å². The third kappa shape index (κ3) is 2.22. The van der Waals surface area contributed by atoms with Gasteiger partial charge in [0.15, 0.2) is 0 Å². The van der Waals surface area contributed by atoms with Gasteiger partial charge in [-0.1, -0.05) is 18.2 Å². The maximum atomic E-state index is 12.0. The maximum Gasteiger partial charge on any atom is 0.338 e. The van der Waals surface area contributed by atoms with Crippen LogP contribution in [-0.2, 0) is 4.74 Å². The van der Waals surface area contributed by atoms with E-state index in [0.717, 1.165) is 0 Å². The largest absolute Gasteiger partial charge is 0.459 e. The number of piperidine rings is 1. The van der Waals surface area contributed by atoms with Crippen LogP contribution < -0.4 is 0 Å². The number of aliphatic hydroxyl groups is 2. The Bertz CT molecular complexity index is 466. The van der Waals surface area contributed by atoms with Gasteiger partial charge in [-0.05, 0) is 19.2 Å². The van der Waals surface area contributed by atoms with E-state index in [1.165, 1.54) is 0 Å². The first kappa shape index (κ1) is 13.5. The van der Waals surface area contributed by atoms with Crippen molar-refractivity contribution in [2.24, 2.45) is 0 Å². The molecule has 1 aromatic rings. The summed E-state index contributed by atoms with van der Waals surface area (Å²) in [5.74, 6) is -0.344. The van der Waals surface area contributed by atoms with Gasteiger partial charge in [-0.3, -0.25) is 4.90 Å². The van der Waals surface area contributed by atoms with Crippen LogP contribution in [0.3, 0.4) is 0 Å². The Morgan fingerprint density at radius 2 is 1.70 bits per heavy atom. The predicted octanol–water partition coefficient (Wildman–Crippen LogP) is 0.410. The number of nitrogens with zero attached hydrogens (tertiary/aromatic N) is 1. The molecule has 2 aliphatic heterocycles. The molecule has 108 valence electrons. The number of fused-ring (bicyclic) bond motifs is 2. The Hall–Kier alpha value is -1.43. The van der Waals surface area contributed by atoms with Crippen LogP contribution in [0.25, 0.3) is 0 Å². The molecule has 4 atom stereocenters. The Morgan fingerprint density at radius 1 is 1.15 bits per heavy atom. The monoisotopic (exact) mass is 277 g/mol. The summed E-state index contributed by atoms with van der Waals surface area (Å²) in [6, 6.07) is 8.59. The molecule has 5 heteroatoms. The predicted molar refractivity (Wildman–Crippen MR) is 72.2 cm³/mol. The summed E-state index contributed by atoms with van der Waals surface area (Å²) < 4.78 is 5.52. The van der Waals surface area contributed by atoms with Crippen LogP contribution in [0.15, 0.2) is 30.3 Å². The smallest absolute Gasteiger partial charge is 0.338 e. The topological polar surface area (TPSA) is 70.0 Å². The molecule has 0 saturated carbocycles. The Balaban J connectivity index is 1.68. The van der Waals surface area contributed by atoms with Crippen molar-refractivity contribution < 1.29 is 19.7 Å². The molecule has 2 fully saturated rings. The highest BCUT2D eigenvalue weighted by molar-refractivity contribution is 5.89. The number of rotatable bonds is 2. The van der Waals surface area contributed by atoms with E-state index in [2.05, 4.69) is 0 Å². The number of hydrogen-bond acceptors (Lipinski definition) is 5. The summed E-state index contributed by atoms with van der Waals surface area (Å²) in [4.78, 5) is 14.0. The molecule has 2 heterocycles. The van der Waals surface area contributed by atoms with Crippen molar-refractivity contribution in [2.75, 3.05) is 7.05 Å². The second-order valence-corrected chi connectivity index (χ2v) is 5.65. The number of ether oxygens (including phenoxy) is 1. The number of carbonyl (C=O) groups excluding carboxylic acids is 1. The van der Waals surface area contributed by atoms with Crippen molar-refractivity contribution in [2.45, 2.75) is 43.2 Å². The van der Waals surface area contributed by atoms with Gasteiger partial charge in [-0.25, -0.2) is 4.79 Å². The van der Waals surface area contributed by atoms with Crippen molar-refractivity contribution in [3.63, 3.8) is 0 Å². The van der Waals surface area contributed by atoms with Gasteiger partial charge in [0.25, 0.3) is 0 Å². The highest BCUT2D eigenvalue weighted by Gasteiger charge is 2.51. The number of esters is 1. The molecule has 2 aliphatic rings. The van der Waals surface area contributed by atoms with Crippen LogP contribution in [0.1, 0.15) is 23.2 Å². The molecule has 1 aromatic carbocycles. The summed E-state index contributed by atoms with van der Waals surface area (Å²) in [5.41, 5.74) is 0.528. The van der Waals surface area contributed by atoms with E-state index in [1.54, 1.807) is 24.3 Å². The van der Waals surface area contributed by atoms with E-state index in [-0.39, 0.29) is 24.2 Å². The lowest BCUT2D eigenvalue weighted by atomic mass is 10.00. The van der Waals surface area contributed by atoms with Crippen LogP contribution in [0, 0.1) is 0 Å². The van der Waals surface area contributed by atoms with Crippen LogP contribution in [0.2, 0.25) is 0 Å². The molecule has 2 N–H and O–H groups in total. The number of benzene rings is 1. The lowest BCUT2D eigenvalue weighted by Crippen LogP contribution is -2.46. The summed E-state index contributed by atoms with van der Waals surface area (Å²) in [6.45, 7) is 0. The fraction of sp³-hybridized carbons (Fsp3) is 0.533. The number of hydrogen-bond donors (Lipinski definition) is 2. The van der Waals surface area contributed by atoms with Gasteiger partial charge in [0.1, 0.15) is 6.10 Å². The van der Waals surface area contributed by atoms with Gasteiger partial charge in [-0.2, -0.15) is 0 Å². The molecule has 5 nitrogen and oxygen atoms in total. The second kappa shape index (κ2) is 5.16. The molecule has 0 amide bonds.